The molecule has 0 saturated heterocycles. The third kappa shape index (κ3) is 5.59. The highest BCUT2D eigenvalue weighted by molar-refractivity contribution is 6.30. The number of nitrogens with zero attached hydrogens (tertiary/aromatic N) is 2. The molecule has 0 radical (unpaired) electrons. The van der Waals surface area contributed by atoms with Crippen molar-refractivity contribution >= 4 is 28.9 Å². The van der Waals surface area contributed by atoms with E-state index in [2.05, 4.69) is 20.6 Å². The van der Waals surface area contributed by atoms with Gasteiger partial charge in [0.1, 0.15) is 5.82 Å². The first-order chi connectivity index (χ1) is 15.3. The second-order valence-electron chi connectivity index (χ2n) is 7.56. The molecule has 1 amide bonds. The molecule has 32 heavy (non-hydrogen) atoms. The summed E-state index contributed by atoms with van der Waals surface area (Å²) in [6.07, 6.45) is 4.62. The molecule has 0 bridgehead atoms. The summed E-state index contributed by atoms with van der Waals surface area (Å²) in [6.45, 7) is 3.25. The Labute approximate surface area is 190 Å². The van der Waals surface area contributed by atoms with Gasteiger partial charge in [0.05, 0.1) is 42.4 Å². The van der Waals surface area contributed by atoms with E-state index in [1.54, 1.807) is 24.5 Å². The molecular weight excluding hydrogens is 435 g/mol. The minimum absolute atomic E-state index is 0.123. The van der Waals surface area contributed by atoms with Gasteiger partial charge in [-0.2, -0.15) is 0 Å². The normalized spacial score (nSPS) is 11.1. The van der Waals surface area contributed by atoms with E-state index >= 15 is 0 Å². The Morgan fingerprint density at radius 1 is 1.12 bits per heavy atom. The van der Waals surface area contributed by atoms with Crippen LogP contribution in [0.25, 0.3) is 11.3 Å². The summed E-state index contributed by atoms with van der Waals surface area (Å²) >= 11 is 6.03. The molecule has 0 aliphatic rings. The molecule has 0 spiro atoms. The predicted octanol–water partition coefficient (Wildman–Crippen LogP) is 3.89. The van der Waals surface area contributed by atoms with Gasteiger partial charge in [-0.05, 0) is 41.8 Å². The summed E-state index contributed by atoms with van der Waals surface area (Å²) < 4.78 is 14.4. The summed E-state index contributed by atoms with van der Waals surface area (Å²) in [4.78, 5) is 20.9. The van der Waals surface area contributed by atoms with E-state index in [4.69, 9.17) is 21.8 Å². The van der Waals surface area contributed by atoms with Crippen LogP contribution < -0.4 is 10.6 Å². The maximum absolute atomic E-state index is 14.4. The van der Waals surface area contributed by atoms with E-state index in [0.717, 1.165) is 5.56 Å². The first-order valence-corrected chi connectivity index (χ1v) is 10.4. The topological polar surface area (TPSA) is 107 Å². The van der Waals surface area contributed by atoms with Gasteiger partial charge in [0.2, 0.25) is 0 Å². The Bertz CT molecular complexity index is 1110. The standard InChI is InChI=1S/C23H24ClFN4O3/c1-13(2)19-10-27-21(18-6-15(24)3-4-20(18)25)7-22(19)28-16-5-14(8-26-9-16)23(32)29-17(11-30)12-31/h3-10,13,17,30-31H,11-12H2,1-2H3,(H,27,28)(H,29,32). The molecule has 9 heteroatoms. The van der Waals surface area contributed by atoms with Gasteiger partial charge in [0, 0.05) is 28.7 Å². The molecule has 3 aromatic rings. The monoisotopic (exact) mass is 458 g/mol. The number of aliphatic hydroxyl groups is 2. The number of hydrogen-bond acceptors (Lipinski definition) is 6. The molecule has 0 aliphatic carbocycles. The molecule has 3 rings (SSSR count). The van der Waals surface area contributed by atoms with Crippen LogP contribution >= 0.6 is 11.6 Å². The number of anilines is 2. The van der Waals surface area contributed by atoms with Crippen LogP contribution in [0.1, 0.15) is 35.7 Å². The lowest BCUT2D eigenvalue weighted by molar-refractivity contribution is 0.0879. The van der Waals surface area contributed by atoms with Gasteiger partial charge in [0.15, 0.2) is 0 Å². The molecule has 2 heterocycles. The fourth-order valence-electron chi connectivity index (χ4n) is 3.08. The Morgan fingerprint density at radius 2 is 1.88 bits per heavy atom. The summed E-state index contributed by atoms with van der Waals surface area (Å²) in [5.41, 5.74) is 3.06. The van der Waals surface area contributed by atoms with Crippen LogP contribution in [-0.2, 0) is 0 Å². The molecule has 0 aliphatic heterocycles. The number of hydrogen-bond donors (Lipinski definition) is 4. The number of rotatable bonds is 8. The van der Waals surface area contributed by atoms with E-state index in [-0.39, 0.29) is 30.3 Å². The highest BCUT2D eigenvalue weighted by Gasteiger charge is 2.16. The maximum Gasteiger partial charge on any atom is 0.253 e. The lowest BCUT2D eigenvalue weighted by atomic mass is 10.0. The molecule has 0 saturated carbocycles. The number of pyridine rings is 2. The minimum Gasteiger partial charge on any atom is -0.394 e. The number of amides is 1. The van der Waals surface area contributed by atoms with E-state index < -0.39 is 17.8 Å². The molecular formula is C23H24ClFN4O3. The van der Waals surface area contributed by atoms with Crippen molar-refractivity contribution < 1.29 is 19.4 Å². The van der Waals surface area contributed by atoms with Crippen molar-refractivity contribution in [2.24, 2.45) is 0 Å². The lowest BCUT2D eigenvalue weighted by Crippen LogP contribution is -2.40. The van der Waals surface area contributed by atoms with Gasteiger partial charge in [-0.3, -0.25) is 14.8 Å². The van der Waals surface area contributed by atoms with E-state index in [0.29, 0.717) is 22.1 Å². The van der Waals surface area contributed by atoms with Crippen LogP contribution in [0.4, 0.5) is 15.8 Å². The zero-order chi connectivity index (χ0) is 23.3. The van der Waals surface area contributed by atoms with Crippen molar-refractivity contribution in [3.8, 4) is 11.3 Å². The van der Waals surface area contributed by atoms with Gasteiger partial charge in [-0.15, -0.1) is 0 Å². The third-order valence-electron chi connectivity index (χ3n) is 4.82. The number of nitrogens with one attached hydrogen (secondary N) is 2. The third-order valence-corrected chi connectivity index (χ3v) is 5.05. The van der Waals surface area contributed by atoms with Crippen molar-refractivity contribution in [2.75, 3.05) is 18.5 Å². The fraction of sp³-hybridized carbons (Fsp3) is 0.261. The number of carbonyl (C=O) groups is 1. The second-order valence-corrected chi connectivity index (χ2v) is 7.99. The summed E-state index contributed by atoms with van der Waals surface area (Å²) in [5, 5.41) is 24.5. The molecule has 168 valence electrons. The van der Waals surface area contributed by atoms with Crippen molar-refractivity contribution in [3.63, 3.8) is 0 Å². The largest absolute Gasteiger partial charge is 0.394 e. The molecule has 1 aromatic carbocycles. The van der Waals surface area contributed by atoms with Crippen molar-refractivity contribution in [2.45, 2.75) is 25.8 Å². The average Bonchev–Trinajstić information content (AvgIpc) is 2.78. The van der Waals surface area contributed by atoms with E-state index in [1.807, 2.05) is 13.8 Å². The smallest absolute Gasteiger partial charge is 0.253 e. The average molecular weight is 459 g/mol. The summed E-state index contributed by atoms with van der Waals surface area (Å²) in [7, 11) is 0. The number of halogens is 2. The summed E-state index contributed by atoms with van der Waals surface area (Å²) in [5.74, 6) is -0.792. The molecule has 0 fully saturated rings. The van der Waals surface area contributed by atoms with Crippen molar-refractivity contribution in [1.82, 2.24) is 15.3 Å². The second kappa shape index (κ2) is 10.5. The van der Waals surface area contributed by atoms with Gasteiger partial charge < -0.3 is 20.8 Å². The van der Waals surface area contributed by atoms with Gasteiger partial charge in [-0.25, -0.2) is 4.39 Å². The highest BCUT2D eigenvalue weighted by Crippen LogP contribution is 2.32. The van der Waals surface area contributed by atoms with Gasteiger partial charge in [0.25, 0.3) is 5.91 Å². The fourth-order valence-corrected chi connectivity index (χ4v) is 3.25. The molecule has 0 unspecified atom stereocenters. The maximum atomic E-state index is 14.4. The minimum atomic E-state index is -0.762. The van der Waals surface area contributed by atoms with Crippen LogP contribution in [0.15, 0.2) is 48.9 Å². The first kappa shape index (κ1) is 23.6. The Hall–Kier alpha value is -3.07. The summed E-state index contributed by atoms with van der Waals surface area (Å²) in [6, 6.07) is 6.84. The Kier molecular flexibility index (Phi) is 7.74. The van der Waals surface area contributed by atoms with Crippen LogP contribution in [0.3, 0.4) is 0 Å². The zero-order valence-corrected chi connectivity index (χ0v) is 18.4. The number of aliphatic hydroxyl groups excluding tert-OH is 2. The zero-order valence-electron chi connectivity index (χ0n) is 17.6. The molecule has 0 atom stereocenters. The van der Waals surface area contributed by atoms with Crippen molar-refractivity contribution in [1.29, 1.82) is 0 Å². The van der Waals surface area contributed by atoms with Gasteiger partial charge >= 0.3 is 0 Å². The molecule has 7 nitrogen and oxygen atoms in total. The van der Waals surface area contributed by atoms with Crippen LogP contribution in [0.2, 0.25) is 5.02 Å². The Balaban J connectivity index is 1.94. The van der Waals surface area contributed by atoms with E-state index in [9.17, 15) is 9.18 Å². The van der Waals surface area contributed by atoms with Crippen molar-refractivity contribution in [3.05, 3.63) is 70.9 Å². The van der Waals surface area contributed by atoms with Gasteiger partial charge in [-0.1, -0.05) is 25.4 Å². The number of aromatic nitrogens is 2. The molecule has 4 N–H and O–H groups in total. The van der Waals surface area contributed by atoms with Crippen LogP contribution in [0, 0.1) is 5.82 Å². The quantitative estimate of drug-likeness (QED) is 0.408. The lowest BCUT2D eigenvalue weighted by Gasteiger charge is -2.17. The Morgan fingerprint density at radius 3 is 2.56 bits per heavy atom. The van der Waals surface area contributed by atoms with Crippen LogP contribution in [-0.4, -0.2) is 45.3 Å². The first-order valence-electron chi connectivity index (χ1n) is 10.0. The number of carbonyl (C=O) groups excluding carboxylic acids is 1. The molecule has 2 aromatic heterocycles. The predicted molar refractivity (Wildman–Crippen MR) is 122 cm³/mol. The van der Waals surface area contributed by atoms with Crippen LogP contribution in [0.5, 0.6) is 0 Å². The number of benzene rings is 1. The highest BCUT2D eigenvalue weighted by atomic mass is 35.5. The van der Waals surface area contributed by atoms with E-state index in [1.165, 1.54) is 24.4 Å². The SMILES string of the molecule is CC(C)c1cnc(-c2cc(Cl)ccc2F)cc1Nc1cncc(C(=O)NC(CO)CO)c1.